The number of hydrogen-bond acceptors (Lipinski definition) is 37. The minimum Gasteiger partial charge on any atom is -0.455 e. The third kappa shape index (κ3) is 19.5. The number of aliphatic hydroxyl groups excluding tert-OH is 20. The molecule has 0 radical (unpaired) electrons. The molecule has 0 unspecified atom stereocenters. The number of cyclic esters (lactones) is 1. The Morgan fingerprint density at radius 1 is 0.484 bits per heavy atom. The molecule has 22 saturated heterocycles. The van der Waals surface area contributed by atoms with Crippen LogP contribution in [0.4, 0.5) is 0 Å². The van der Waals surface area contributed by atoms with E-state index in [9.17, 15) is 111 Å². The number of aliphatic hydroxyl groups is 21. The van der Waals surface area contributed by atoms with E-state index in [1.165, 1.54) is 43.4 Å². The lowest BCUT2D eigenvalue weighted by molar-refractivity contribution is -0.404. The monoisotopic (exact) mass is 1400 g/mol. The Labute approximate surface area is 540 Å². The molecule has 34 atom stereocenters. The van der Waals surface area contributed by atoms with Crippen LogP contribution >= 0.6 is 7.82 Å². The molecule has 95 heavy (non-hydrogen) atoms. The Morgan fingerprint density at radius 2 is 0.779 bits per heavy atom. The lowest BCUT2D eigenvalue weighted by atomic mass is 9.93. The van der Waals surface area contributed by atoms with Crippen molar-refractivity contribution in [2.75, 3.05) is 46.2 Å². The van der Waals surface area contributed by atoms with Crippen molar-refractivity contribution in [1.29, 1.82) is 0 Å². The van der Waals surface area contributed by atoms with E-state index in [1.807, 2.05) is 0 Å². The molecule has 12 bridgehead atoms. The highest BCUT2D eigenvalue weighted by Gasteiger charge is 2.59. The Hall–Kier alpha value is -3.04. The van der Waals surface area contributed by atoms with Gasteiger partial charge in [0, 0.05) is 18.9 Å². The van der Waals surface area contributed by atoms with Gasteiger partial charge in [0.15, 0.2) is 37.7 Å². The molecule has 546 valence electrons. The molecule has 22 fully saturated rings. The minimum absolute atomic E-state index is 0.100. The smallest absolute Gasteiger partial charge is 0.455 e. The zero-order chi connectivity index (χ0) is 70.0. The fourth-order valence-electron chi connectivity index (χ4n) is 11.3. The van der Waals surface area contributed by atoms with Crippen molar-refractivity contribution in [3.8, 4) is 0 Å². The highest BCUT2D eigenvalue weighted by atomic mass is 31.2. The second-order valence-corrected chi connectivity index (χ2v) is 24.5. The summed E-state index contributed by atoms with van der Waals surface area (Å²) in [6.45, 7) is -4.83. The summed E-state index contributed by atoms with van der Waals surface area (Å²) in [5, 5.41) is 225. The Morgan fingerprint density at radius 3 is 1.04 bits per heavy atom. The first-order valence-electron chi connectivity index (χ1n) is 30.0. The minimum atomic E-state index is -4.96. The third-order valence-corrected chi connectivity index (χ3v) is 17.0. The van der Waals surface area contributed by atoms with Crippen LogP contribution in [0.1, 0.15) is 19.8 Å². The molecule has 0 aromatic rings. The molecule has 23 aliphatic rings. The summed E-state index contributed by atoms with van der Waals surface area (Å²) in [6.07, 6.45) is -47.0. The average Bonchev–Trinajstić information content (AvgIpc) is 0.778. The molecule has 40 heteroatoms. The van der Waals surface area contributed by atoms with Crippen molar-refractivity contribution in [1.82, 2.24) is 0 Å². The predicted octanol–water partition coefficient (Wildman–Crippen LogP) is -12.0. The summed E-state index contributed by atoms with van der Waals surface area (Å²) in [5.41, 5.74) is -1.87. The lowest BCUT2D eigenvalue weighted by Gasteiger charge is -2.50. The van der Waals surface area contributed by atoms with Crippen LogP contribution in [-0.4, -0.2) is 377 Å². The predicted molar refractivity (Wildman–Crippen MR) is 301 cm³/mol. The molecule has 0 amide bonds. The normalized spacial score (nSPS) is 45.3. The molecule has 0 aromatic carbocycles. The summed E-state index contributed by atoms with van der Waals surface area (Å²) >= 11 is 0. The van der Waals surface area contributed by atoms with Crippen molar-refractivity contribution in [3.05, 3.63) is 60.8 Å². The van der Waals surface area contributed by atoms with Crippen LogP contribution in [-0.2, 0) is 75.5 Å². The zero-order valence-electron chi connectivity index (χ0n) is 50.5. The lowest BCUT2D eigenvalue weighted by Crippen LogP contribution is -2.69. The van der Waals surface area contributed by atoms with E-state index in [1.54, 1.807) is 24.3 Å². The van der Waals surface area contributed by atoms with Crippen LogP contribution in [0.2, 0.25) is 0 Å². The van der Waals surface area contributed by atoms with Gasteiger partial charge in [-0.25, -0.2) is 9.36 Å². The number of esters is 1. The molecule has 0 aliphatic carbocycles. The van der Waals surface area contributed by atoms with Gasteiger partial charge in [-0.15, -0.1) is 0 Å². The molecule has 23 heterocycles. The maximum atomic E-state index is 11.3. The fraction of sp³-hybridized carbons (Fsp3) is 0.800. The highest BCUT2D eigenvalue weighted by molar-refractivity contribution is 7.46. The van der Waals surface area contributed by atoms with Crippen molar-refractivity contribution in [2.45, 2.75) is 228 Å². The van der Waals surface area contributed by atoms with Crippen molar-refractivity contribution >= 4 is 13.8 Å². The number of rotatable bonds is 17. The van der Waals surface area contributed by atoms with E-state index in [0.717, 1.165) is 0 Å². The SMILES string of the molecule is C[C@@](O)(/C=C/[C@@H]1CC=CC(=O)O1)[C@@H](C[C@@H](O)\C=C/C=C\C=C\CO)OP(=O)(O)O.OC[C@H]1O[C@@H]2O[C@H]3[C@H](O)[C@@H](O)[C@@H](O[C@H]4[C@H](O)[C@@H](O)[C@@H](O[C@H]5[C@H](O)[C@@H](O)[C@@H](O[C@H]6[C@H](O)[C@@H](O)[C@@H](O[C@H]7[C@H](O)[C@@H](O)[C@@H](O[C@H]1[C@H](O)[C@H]2O)O[C@@H]7CO)O[C@@H]6CO)O[C@@H]5CO)O[C@@H]4CO)O[C@@H]3CO. The Bertz CT molecular complexity index is 2270. The molecule has 23 N–H and O–H groups in total. The zero-order valence-corrected chi connectivity index (χ0v) is 51.3. The Balaban J connectivity index is 0.000000369. The van der Waals surface area contributed by atoms with Gasteiger partial charge in [0.25, 0.3) is 0 Å². The molecular formula is C55H87O39P. The summed E-state index contributed by atoms with van der Waals surface area (Å²) in [7, 11) is -4.96. The van der Waals surface area contributed by atoms with Crippen LogP contribution in [0, 0.1) is 0 Å². The van der Waals surface area contributed by atoms with Crippen molar-refractivity contribution in [2.24, 2.45) is 0 Å². The standard InChI is InChI=1S/C36H60O30.C19H27O9P/c37-1-7-25-13(43)19(49)31(55-7)62-26-8(2-38)57-33(21(51)15(26)45)64-28-10(4-40)59-35(23(53)17(28)47)66-30-12(6-42)60-36(24(54)18(30)48)65-29-11(5-41)58-34(22(52)16(29)46)63-27-9(3-39)56-32(61-25)20(50)14(27)44;1-19(23,12-11-16-9-7-10-18(22)27-16)17(28-29(24,25)26)14-15(21)8-5-3-2-4-6-13-20/h7-54H,1-6H2;2-8,10-12,15-17,20-21,23H,9,13-14H2,1H3,(H2,24,25,26)/b;3-2-,6-4+,8-5-,12-11+/t7-,8-,9-,10-,11-,12-,13-,14-,15-,16-,17-,18-,19-,20-,21-,22-,23-,24-,25-,26-,27-,28-,29-,30-,31-,32-,33-,34-,35-,36-;15-,16-,17+,19+/m10/s1. The van der Waals surface area contributed by atoms with Gasteiger partial charge in [0.05, 0.1) is 52.4 Å². The fourth-order valence-corrected chi connectivity index (χ4v) is 11.9. The first-order chi connectivity index (χ1) is 45.0. The number of carbonyl (C=O) groups is 1. The topological polar surface area (TPSA) is 629 Å². The summed E-state index contributed by atoms with van der Waals surface area (Å²) in [4.78, 5) is 29.6. The van der Waals surface area contributed by atoms with Gasteiger partial charge in [-0.2, -0.15) is 0 Å². The highest BCUT2D eigenvalue weighted by Crippen LogP contribution is 2.43. The van der Waals surface area contributed by atoms with Crippen molar-refractivity contribution in [3.63, 3.8) is 0 Å². The average molecular weight is 1400 g/mol. The number of allylic oxidation sites excluding steroid dienone is 4. The summed E-state index contributed by atoms with van der Waals surface area (Å²) in [5.74, 6) is -0.531. The van der Waals surface area contributed by atoms with Gasteiger partial charge in [-0.1, -0.05) is 48.6 Å². The first kappa shape index (κ1) is 79.3. The number of carbonyl (C=O) groups excluding carboxylic acids is 1. The summed E-state index contributed by atoms with van der Waals surface area (Å²) in [6, 6.07) is 0. The van der Waals surface area contributed by atoms with Crippen LogP contribution < -0.4 is 0 Å². The van der Waals surface area contributed by atoms with Crippen molar-refractivity contribution < 1.29 is 192 Å². The van der Waals surface area contributed by atoms with Gasteiger partial charge in [-0.05, 0) is 13.0 Å². The van der Waals surface area contributed by atoms with Gasteiger partial charge in [0.1, 0.15) is 164 Å². The number of phosphoric acid groups is 1. The second kappa shape index (κ2) is 35.5. The quantitative estimate of drug-likeness (QED) is 0.0278. The first-order valence-corrected chi connectivity index (χ1v) is 31.5. The second-order valence-electron chi connectivity index (χ2n) is 23.3. The number of ether oxygens (including phenoxy) is 13. The van der Waals surface area contributed by atoms with Crippen LogP contribution in [0.5, 0.6) is 0 Å². The van der Waals surface area contributed by atoms with Crippen LogP contribution in [0.25, 0.3) is 0 Å². The molecule has 39 nitrogen and oxygen atoms in total. The number of phosphoric ester groups is 1. The molecule has 0 aromatic heterocycles. The largest absolute Gasteiger partial charge is 0.469 e. The van der Waals surface area contributed by atoms with E-state index < -0.39 is 262 Å². The maximum absolute atomic E-state index is 11.3. The van der Waals surface area contributed by atoms with E-state index in [-0.39, 0.29) is 13.0 Å². The van der Waals surface area contributed by atoms with Crippen LogP contribution in [0.15, 0.2) is 60.8 Å². The maximum Gasteiger partial charge on any atom is 0.469 e. The van der Waals surface area contributed by atoms with Gasteiger partial charge in [0.2, 0.25) is 0 Å². The van der Waals surface area contributed by atoms with E-state index in [2.05, 4.69) is 4.52 Å². The van der Waals surface area contributed by atoms with Gasteiger partial charge >= 0.3 is 13.8 Å². The molecule has 23 rings (SSSR count). The molecule has 0 spiro atoms. The van der Waals surface area contributed by atoms with Gasteiger partial charge < -0.3 is 179 Å². The van der Waals surface area contributed by atoms with Gasteiger partial charge in [-0.3, -0.25) is 4.52 Å². The third-order valence-electron chi connectivity index (χ3n) is 16.5. The molecular weight excluding hydrogens is 1320 g/mol. The molecule has 23 aliphatic heterocycles. The van der Waals surface area contributed by atoms with E-state index in [0.29, 0.717) is 6.42 Å². The summed E-state index contributed by atoms with van der Waals surface area (Å²) < 4.78 is 88.9. The van der Waals surface area contributed by atoms with E-state index in [4.69, 9.17) is 76.5 Å². The van der Waals surface area contributed by atoms with E-state index >= 15 is 0 Å². The number of hydrogen-bond donors (Lipinski definition) is 23. The van der Waals surface area contributed by atoms with Crippen LogP contribution in [0.3, 0.4) is 0 Å². The Kier molecular flexibility index (Phi) is 29.6. The molecule has 0 saturated carbocycles.